The van der Waals surface area contributed by atoms with Gasteiger partial charge in [0.2, 0.25) is 0 Å². The molecule has 8 heteroatoms. The van der Waals surface area contributed by atoms with E-state index in [9.17, 15) is 19.2 Å². The standard InChI is InChI=1S/2C6H10O4/c1-6(2,5(9)10)3-4(7)8;1-3(5(7)8)4(2)6(9)10/h3H2,1-2H3,(H,7,8)(H,9,10);3-4H,1-2H3,(H,7,8)(H,9,10). The Balaban J connectivity index is 0. The molecule has 0 aliphatic heterocycles. The van der Waals surface area contributed by atoms with Gasteiger partial charge in [-0.15, -0.1) is 0 Å². The number of hydrogen-bond donors (Lipinski definition) is 4. The highest BCUT2D eigenvalue weighted by Crippen LogP contribution is 2.19. The Kier molecular flexibility index (Phi) is 8.21. The highest BCUT2D eigenvalue weighted by molar-refractivity contribution is 5.80. The summed E-state index contributed by atoms with van der Waals surface area (Å²) in [6.07, 6.45) is -0.345. The summed E-state index contributed by atoms with van der Waals surface area (Å²) in [5.74, 6) is -5.97. The molecule has 0 aromatic rings. The van der Waals surface area contributed by atoms with Crippen LogP contribution in [-0.4, -0.2) is 44.3 Å². The van der Waals surface area contributed by atoms with E-state index in [0.29, 0.717) is 0 Å². The van der Waals surface area contributed by atoms with Crippen molar-refractivity contribution in [3.8, 4) is 0 Å². The quantitative estimate of drug-likeness (QED) is 0.566. The molecule has 0 saturated heterocycles. The van der Waals surface area contributed by atoms with Crippen molar-refractivity contribution in [1.82, 2.24) is 0 Å². The summed E-state index contributed by atoms with van der Waals surface area (Å²) in [6.45, 7) is 5.51. The number of carbonyl (C=O) groups is 4. The molecule has 20 heavy (non-hydrogen) atoms. The molecule has 0 aromatic carbocycles. The fourth-order valence-electron chi connectivity index (χ4n) is 0.881. The van der Waals surface area contributed by atoms with Crippen molar-refractivity contribution >= 4 is 23.9 Å². The van der Waals surface area contributed by atoms with Crippen LogP contribution in [0.3, 0.4) is 0 Å². The average molecular weight is 292 g/mol. The molecule has 0 aromatic heterocycles. The second-order valence-electron chi connectivity index (χ2n) is 5.01. The van der Waals surface area contributed by atoms with Crippen molar-refractivity contribution in [2.75, 3.05) is 0 Å². The van der Waals surface area contributed by atoms with Gasteiger partial charge in [0.25, 0.3) is 0 Å². The zero-order valence-corrected chi connectivity index (χ0v) is 11.8. The minimum absolute atomic E-state index is 0.345. The summed E-state index contributed by atoms with van der Waals surface area (Å²) in [5, 5.41) is 33.3. The first-order valence-electron chi connectivity index (χ1n) is 5.73. The molecule has 0 bridgehead atoms. The molecule has 0 aliphatic rings. The normalized spacial score (nSPS) is 13.4. The lowest BCUT2D eigenvalue weighted by molar-refractivity contribution is -0.153. The van der Waals surface area contributed by atoms with Crippen LogP contribution in [-0.2, 0) is 19.2 Å². The Morgan fingerprint density at radius 1 is 0.850 bits per heavy atom. The van der Waals surface area contributed by atoms with Crippen LogP contribution in [0, 0.1) is 17.3 Å². The molecule has 0 rings (SSSR count). The van der Waals surface area contributed by atoms with E-state index >= 15 is 0 Å². The lowest BCUT2D eigenvalue weighted by atomic mass is 9.90. The van der Waals surface area contributed by atoms with Crippen LogP contribution in [0.1, 0.15) is 34.1 Å². The zero-order chi connectivity index (χ0) is 16.7. The summed E-state index contributed by atoms with van der Waals surface area (Å²) in [6, 6.07) is 0. The third-order valence-corrected chi connectivity index (χ3v) is 2.70. The molecule has 2 atom stereocenters. The Morgan fingerprint density at radius 3 is 1.25 bits per heavy atom. The van der Waals surface area contributed by atoms with Crippen molar-refractivity contribution in [1.29, 1.82) is 0 Å². The van der Waals surface area contributed by atoms with Crippen LogP contribution in [0.2, 0.25) is 0 Å². The number of carboxylic acid groups (broad SMARTS) is 4. The highest BCUT2D eigenvalue weighted by Gasteiger charge is 2.29. The fourth-order valence-corrected chi connectivity index (χ4v) is 0.881. The topological polar surface area (TPSA) is 149 Å². The maximum absolute atomic E-state index is 10.3. The number of hydrogen-bond acceptors (Lipinski definition) is 4. The molecular weight excluding hydrogens is 272 g/mol. The predicted octanol–water partition coefficient (Wildman–Crippen LogP) is 1.000. The molecule has 0 amide bonds. The van der Waals surface area contributed by atoms with E-state index in [0.717, 1.165) is 0 Å². The van der Waals surface area contributed by atoms with E-state index in [4.69, 9.17) is 20.4 Å². The van der Waals surface area contributed by atoms with Gasteiger partial charge in [0.05, 0.1) is 23.7 Å². The number of aliphatic carboxylic acids is 4. The molecule has 8 nitrogen and oxygen atoms in total. The molecule has 116 valence electrons. The van der Waals surface area contributed by atoms with Gasteiger partial charge in [-0.3, -0.25) is 19.2 Å². The molecule has 0 radical (unpaired) electrons. The zero-order valence-electron chi connectivity index (χ0n) is 11.8. The molecular formula is C12H20O8. The van der Waals surface area contributed by atoms with Crippen LogP contribution in [0.5, 0.6) is 0 Å². The molecule has 0 aliphatic carbocycles. The second kappa shape index (κ2) is 8.13. The summed E-state index contributed by atoms with van der Waals surface area (Å²) < 4.78 is 0. The number of carboxylic acids is 4. The van der Waals surface area contributed by atoms with Crippen molar-refractivity contribution < 1.29 is 39.6 Å². The molecule has 0 fully saturated rings. The maximum Gasteiger partial charge on any atom is 0.309 e. The van der Waals surface area contributed by atoms with Crippen LogP contribution < -0.4 is 0 Å². The van der Waals surface area contributed by atoms with Gasteiger partial charge in [0.15, 0.2) is 0 Å². The Bertz CT molecular complexity index is 367. The van der Waals surface area contributed by atoms with E-state index in [1.54, 1.807) is 0 Å². The summed E-state index contributed by atoms with van der Waals surface area (Å²) in [4.78, 5) is 40.7. The molecule has 0 saturated carbocycles. The lowest BCUT2D eigenvalue weighted by Crippen LogP contribution is -2.26. The van der Waals surface area contributed by atoms with Gasteiger partial charge in [-0.2, -0.15) is 0 Å². The van der Waals surface area contributed by atoms with E-state index in [-0.39, 0.29) is 6.42 Å². The van der Waals surface area contributed by atoms with Gasteiger partial charge < -0.3 is 20.4 Å². The summed E-state index contributed by atoms with van der Waals surface area (Å²) in [5.41, 5.74) is -1.16. The van der Waals surface area contributed by atoms with Gasteiger partial charge in [-0.25, -0.2) is 0 Å². The van der Waals surface area contributed by atoms with Gasteiger partial charge in [-0.05, 0) is 13.8 Å². The average Bonchev–Trinajstić information content (AvgIpc) is 2.25. The largest absolute Gasteiger partial charge is 0.481 e. The minimum Gasteiger partial charge on any atom is -0.481 e. The first-order chi connectivity index (χ1) is 8.82. The molecule has 4 N–H and O–H groups in total. The Labute approximate surface area is 116 Å². The number of rotatable bonds is 6. The second-order valence-corrected chi connectivity index (χ2v) is 5.01. The van der Waals surface area contributed by atoms with Crippen molar-refractivity contribution in [2.24, 2.45) is 17.3 Å². The lowest BCUT2D eigenvalue weighted by Gasteiger charge is -2.14. The first-order valence-corrected chi connectivity index (χ1v) is 5.73. The molecule has 2 unspecified atom stereocenters. The van der Waals surface area contributed by atoms with E-state index in [1.807, 2.05) is 0 Å². The summed E-state index contributed by atoms with van der Waals surface area (Å²) in [7, 11) is 0. The Hall–Kier alpha value is -2.12. The monoisotopic (exact) mass is 292 g/mol. The highest BCUT2D eigenvalue weighted by atomic mass is 16.4. The maximum atomic E-state index is 10.3. The van der Waals surface area contributed by atoms with Crippen LogP contribution >= 0.6 is 0 Å². The van der Waals surface area contributed by atoms with Crippen LogP contribution in [0.15, 0.2) is 0 Å². The third kappa shape index (κ3) is 8.06. The predicted molar refractivity (Wildman–Crippen MR) is 67.3 cm³/mol. The van der Waals surface area contributed by atoms with Gasteiger partial charge >= 0.3 is 23.9 Å². The van der Waals surface area contributed by atoms with Crippen LogP contribution in [0.4, 0.5) is 0 Å². The van der Waals surface area contributed by atoms with E-state index < -0.39 is 41.1 Å². The van der Waals surface area contributed by atoms with Gasteiger partial charge in [0.1, 0.15) is 0 Å². The van der Waals surface area contributed by atoms with E-state index in [1.165, 1.54) is 27.7 Å². The molecule has 0 spiro atoms. The van der Waals surface area contributed by atoms with Gasteiger partial charge in [0, 0.05) is 0 Å². The fraction of sp³-hybridized carbons (Fsp3) is 0.667. The van der Waals surface area contributed by atoms with Gasteiger partial charge in [-0.1, -0.05) is 13.8 Å². The van der Waals surface area contributed by atoms with Crippen molar-refractivity contribution in [3.05, 3.63) is 0 Å². The minimum atomic E-state index is -1.16. The Morgan fingerprint density at radius 2 is 1.15 bits per heavy atom. The first kappa shape index (κ1) is 20.2. The van der Waals surface area contributed by atoms with Crippen molar-refractivity contribution in [3.63, 3.8) is 0 Å². The van der Waals surface area contributed by atoms with Crippen LogP contribution in [0.25, 0.3) is 0 Å². The smallest absolute Gasteiger partial charge is 0.309 e. The SMILES string of the molecule is CC(C(=O)O)C(C)C(=O)O.CC(C)(CC(=O)O)C(=O)O. The third-order valence-electron chi connectivity index (χ3n) is 2.70. The van der Waals surface area contributed by atoms with E-state index in [2.05, 4.69) is 0 Å². The van der Waals surface area contributed by atoms with Crippen molar-refractivity contribution in [2.45, 2.75) is 34.1 Å². The summed E-state index contributed by atoms with van der Waals surface area (Å²) >= 11 is 0. The molecule has 0 heterocycles.